The molecule has 2 heterocycles. The van der Waals surface area contributed by atoms with Crippen molar-refractivity contribution in [3.63, 3.8) is 0 Å². The Morgan fingerprint density at radius 1 is 1.33 bits per heavy atom. The van der Waals surface area contributed by atoms with E-state index in [9.17, 15) is 9.18 Å². The largest absolute Gasteiger partial charge is 0.368 e. The van der Waals surface area contributed by atoms with Gasteiger partial charge in [-0.2, -0.15) is 0 Å². The summed E-state index contributed by atoms with van der Waals surface area (Å²) in [5.41, 5.74) is 2.07. The van der Waals surface area contributed by atoms with Crippen LogP contribution in [-0.2, 0) is 16.0 Å². The number of hydrogen-bond donors (Lipinski definition) is 0. The molecule has 1 aliphatic heterocycles. The summed E-state index contributed by atoms with van der Waals surface area (Å²) in [6.07, 6.45) is -0.218. The van der Waals surface area contributed by atoms with Crippen LogP contribution >= 0.6 is 0 Å². The lowest BCUT2D eigenvalue weighted by Crippen LogP contribution is -2.43. The molecule has 1 fully saturated rings. The maximum absolute atomic E-state index is 13.7. The van der Waals surface area contributed by atoms with Crippen LogP contribution in [0.25, 0.3) is 0 Å². The highest BCUT2D eigenvalue weighted by molar-refractivity contribution is 5.79. The van der Waals surface area contributed by atoms with E-state index in [0.29, 0.717) is 31.1 Å². The number of morpholine rings is 1. The highest BCUT2D eigenvalue weighted by Crippen LogP contribution is 2.22. The molecule has 3 rings (SSSR count). The molecule has 1 atom stereocenters. The van der Waals surface area contributed by atoms with E-state index in [0.717, 1.165) is 11.4 Å². The molecule has 0 bridgehead atoms. The fourth-order valence-electron chi connectivity index (χ4n) is 2.88. The molecule has 6 heteroatoms. The number of ether oxygens (including phenoxy) is 1. The van der Waals surface area contributed by atoms with Crippen molar-refractivity contribution in [3.05, 3.63) is 58.9 Å². The number of halogens is 1. The van der Waals surface area contributed by atoms with Gasteiger partial charge in [-0.05, 0) is 31.5 Å². The van der Waals surface area contributed by atoms with E-state index >= 15 is 0 Å². The first-order valence-electron chi connectivity index (χ1n) is 7.98. The van der Waals surface area contributed by atoms with Crippen molar-refractivity contribution >= 4 is 5.91 Å². The van der Waals surface area contributed by atoms with Crippen molar-refractivity contribution in [2.24, 2.45) is 0 Å². The number of benzene rings is 1. The lowest BCUT2D eigenvalue weighted by Gasteiger charge is -2.33. The van der Waals surface area contributed by atoms with Crippen LogP contribution in [0.2, 0.25) is 0 Å². The molecule has 0 spiro atoms. The van der Waals surface area contributed by atoms with Gasteiger partial charge in [0.1, 0.15) is 17.7 Å². The second kappa shape index (κ2) is 7.05. The summed E-state index contributed by atoms with van der Waals surface area (Å²) < 4.78 is 19.5. The normalized spacial score (nSPS) is 17.8. The van der Waals surface area contributed by atoms with Gasteiger partial charge < -0.3 is 9.64 Å². The third-order valence-corrected chi connectivity index (χ3v) is 4.03. The predicted octanol–water partition coefficient (Wildman–Crippen LogP) is 2.38. The molecule has 0 aliphatic carbocycles. The van der Waals surface area contributed by atoms with Crippen LogP contribution in [0.5, 0.6) is 0 Å². The second-order valence-corrected chi connectivity index (χ2v) is 5.95. The van der Waals surface area contributed by atoms with Gasteiger partial charge in [-0.1, -0.05) is 18.2 Å². The zero-order chi connectivity index (χ0) is 17.1. The molecule has 1 aliphatic rings. The Labute approximate surface area is 140 Å². The molecule has 0 radical (unpaired) electrons. The van der Waals surface area contributed by atoms with Crippen LogP contribution in [0.15, 0.2) is 30.3 Å². The zero-order valence-corrected chi connectivity index (χ0v) is 13.8. The lowest BCUT2D eigenvalue weighted by atomic mass is 10.1. The first-order valence-corrected chi connectivity index (χ1v) is 7.98. The molecule has 0 N–H and O–H groups in total. The highest BCUT2D eigenvalue weighted by atomic mass is 19.1. The van der Waals surface area contributed by atoms with Gasteiger partial charge in [-0.3, -0.25) is 4.79 Å². The predicted molar refractivity (Wildman–Crippen MR) is 86.9 cm³/mol. The number of aryl methyl sites for hydroxylation is 2. The minimum atomic E-state index is -0.349. The second-order valence-electron chi connectivity index (χ2n) is 5.95. The SMILES string of the molecule is Cc1cc([C@H]2CN(C(=O)Cc3ccccc3F)CCO2)nc(C)n1. The average Bonchev–Trinajstić information content (AvgIpc) is 2.56. The van der Waals surface area contributed by atoms with Crippen molar-refractivity contribution in [2.75, 3.05) is 19.7 Å². The van der Waals surface area contributed by atoms with E-state index in [1.165, 1.54) is 6.07 Å². The molecular formula is C18H20FN3O2. The summed E-state index contributed by atoms with van der Waals surface area (Å²) in [6, 6.07) is 8.25. The molecule has 24 heavy (non-hydrogen) atoms. The summed E-state index contributed by atoms with van der Waals surface area (Å²) in [6.45, 7) is 5.11. The van der Waals surface area contributed by atoms with Gasteiger partial charge in [0.25, 0.3) is 0 Å². The molecule has 126 valence electrons. The van der Waals surface area contributed by atoms with Crippen LogP contribution in [-0.4, -0.2) is 40.5 Å². The average molecular weight is 329 g/mol. The Kier molecular flexibility index (Phi) is 4.85. The van der Waals surface area contributed by atoms with Crippen LogP contribution in [0.3, 0.4) is 0 Å². The van der Waals surface area contributed by atoms with Crippen molar-refractivity contribution in [3.8, 4) is 0 Å². The van der Waals surface area contributed by atoms with Crippen LogP contribution < -0.4 is 0 Å². The fourth-order valence-corrected chi connectivity index (χ4v) is 2.88. The van der Waals surface area contributed by atoms with Crippen molar-refractivity contribution in [2.45, 2.75) is 26.4 Å². The van der Waals surface area contributed by atoms with Gasteiger partial charge in [0, 0.05) is 12.2 Å². The van der Waals surface area contributed by atoms with Crippen molar-refractivity contribution in [1.29, 1.82) is 0 Å². The van der Waals surface area contributed by atoms with Crippen molar-refractivity contribution < 1.29 is 13.9 Å². The Balaban J connectivity index is 1.71. The standard InChI is InChI=1S/C18H20FN3O2/c1-12-9-16(21-13(2)20-12)17-11-22(7-8-24-17)18(23)10-14-5-3-4-6-15(14)19/h3-6,9,17H,7-8,10-11H2,1-2H3/t17-/m1/s1. The minimum Gasteiger partial charge on any atom is -0.368 e. The summed E-state index contributed by atoms with van der Waals surface area (Å²) >= 11 is 0. The van der Waals surface area contributed by atoms with Crippen LogP contribution in [0.4, 0.5) is 4.39 Å². The lowest BCUT2D eigenvalue weighted by molar-refractivity contribution is -0.138. The Bertz CT molecular complexity index is 731. The maximum Gasteiger partial charge on any atom is 0.227 e. The van der Waals surface area contributed by atoms with E-state index in [1.54, 1.807) is 23.1 Å². The van der Waals surface area contributed by atoms with E-state index in [-0.39, 0.29) is 24.2 Å². The van der Waals surface area contributed by atoms with Gasteiger partial charge in [0.2, 0.25) is 5.91 Å². The van der Waals surface area contributed by atoms with Crippen LogP contribution in [0.1, 0.15) is 28.9 Å². The Morgan fingerprint density at radius 3 is 2.88 bits per heavy atom. The molecule has 1 amide bonds. The number of carbonyl (C=O) groups is 1. The van der Waals surface area contributed by atoms with E-state index < -0.39 is 0 Å². The monoisotopic (exact) mass is 329 g/mol. The first-order chi connectivity index (χ1) is 11.5. The van der Waals surface area contributed by atoms with Crippen LogP contribution in [0, 0.1) is 19.7 Å². The number of nitrogens with zero attached hydrogens (tertiary/aromatic N) is 3. The molecular weight excluding hydrogens is 309 g/mol. The molecule has 0 unspecified atom stereocenters. The van der Waals surface area contributed by atoms with E-state index in [4.69, 9.17) is 4.74 Å². The van der Waals surface area contributed by atoms with Gasteiger partial charge in [-0.25, -0.2) is 14.4 Å². The first kappa shape index (κ1) is 16.5. The van der Waals surface area contributed by atoms with Crippen molar-refractivity contribution in [1.82, 2.24) is 14.9 Å². The van der Waals surface area contributed by atoms with E-state index in [2.05, 4.69) is 9.97 Å². The van der Waals surface area contributed by atoms with Gasteiger partial charge >= 0.3 is 0 Å². The maximum atomic E-state index is 13.7. The molecule has 1 aromatic heterocycles. The summed E-state index contributed by atoms with van der Waals surface area (Å²) in [4.78, 5) is 22.9. The number of amides is 1. The highest BCUT2D eigenvalue weighted by Gasteiger charge is 2.27. The summed E-state index contributed by atoms with van der Waals surface area (Å²) in [5.74, 6) is 0.233. The molecule has 2 aromatic rings. The van der Waals surface area contributed by atoms with Gasteiger partial charge in [0.05, 0.1) is 25.3 Å². The Hall–Kier alpha value is -2.34. The molecule has 1 aromatic carbocycles. The zero-order valence-electron chi connectivity index (χ0n) is 13.8. The number of hydrogen-bond acceptors (Lipinski definition) is 4. The van der Waals surface area contributed by atoms with Gasteiger partial charge in [0.15, 0.2) is 0 Å². The quantitative estimate of drug-likeness (QED) is 0.867. The van der Waals surface area contributed by atoms with E-state index in [1.807, 2.05) is 19.9 Å². The number of rotatable bonds is 3. The third kappa shape index (κ3) is 3.76. The third-order valence-electron chi connectivity index (χ3n) is 4.03. The number of aromatic nitrogens is 2. The molecule has 0 saturated carbocycles. The smallest absolute Gasteiger partial charge is 0.227 e. The van der Waals surface area contributed by atoms with Gasteiger partial charge in [-0.15, -0.1) is 0 Å². The summed E-state index contributed by atoms with van der Waals surface area (Å²) in [5, 5.41) is 0. The number of carbonyl (C=O) groups excluding carboxylic acids is 1. The minimum absolute atomic E-state index is 0.0568. The summed E-state index contributed by atoms with van der Waals surface area (Å²) in [7, 11) is 0. The fraction of sp³-hybridized carbons (Fsp3) is 0.389. The Morgan fingerprint density at radius 2 is 2.12 bits per heavy atom. The molecule has 1 saturated heterocycles. The topological polar surface area (TPSA) is 55.3 Å². The molecule has 5 nitrogen and oxygen atoms in total.